The Kier molecular flexibility index (Phi) is 3.98. The number of nitrogen functional groups attached to an aromatic ring is 1. The molecular formula is C15H14F2N2O. The summed E-state index contributed by atoms with van der Waals surface area (Å²) < 4.78 is 26.5. The van der Waals surface area contributed by atoms with Crippen LogP contribution in [0.2, 0.25) is 0 Å². The number of carbonyl (C=O) groups is 1. The summed E-state index contributed by atoms with van der Waals surface area (Å²) in [6.07, 6.45) is 0. The van der Waals surface area contributed by atoms with Crippen LogP contribution >= 0.6 is 0 Å². The van der Waals surface area contributed by atoms with Crippen molar-refractivity contribution in [2.45, 2.75) is 13.5 Å². The van der Waals surface area contributed by atoms with Gasteiger partial charge in [-0.1, -0.05) is 12.1 Å². The van der Waals surface area contributed by atoms with Crippen molar-refractivity contribution in [1.82, 2.24) is 5.32 Å². The van der Waals surface area contributed by atoms with Gasteiger partial charge in [-0.05, 0) is 36.8 Å². The van der Waals surface area contributed by atoms with Gasteiger partial charge >= 0.3 is 0 Å². The minimum absolute atomic E-state index is 0.141. The van der Waals surface area contributed by atoms with Crippen LogP contribution in [0, 0.1) is 18.6 Å². The molecule has 3 N–H and O–H groups in total. The number of nitrogens with two attached hydrogens (primary N) is 1. The Morgan fingerprint density at radius 2 is 2.00 bits per heavy atom. The number of benzene rings is 2. The van der Waals surface area contributed by atoms with Crippen LogP contribution in [-0.4, -0.2) is 5.91 Å². The molecule has 0 spiro atoms. The molecule has 2 aromatic rings. The summed E-state index contributed by atoms with van der Waals surface area (Å²) in [5.41, 5.74) is 6.92. The molecule has 2 aromatic carbocycles. The maximum Gasteiger partial charge on any atom is 0.251 e. The van der Waals surface area contributed by atoms with Crippen molar-refractivity contribution in [3.63, 3.8) is 0 Å². The second-order valence-electron chi connectivity index (χ2n) is 4.48. The van der Waals surface area contributed by atoms with Crippen LogP contribution in [0.1, 0.15) is 21.5 Å². The first-order valence-corrected chi connectivity index (χ1v) is 6.05. The van der Waals surface area contributed by atoms with Gasteiger partial charge in [0, 0.05) is 23.4 Å². The first kappa shape index (κ1) is 14.0. The lowest BCUT2D eigenvalue weighted by Crippen LogP contribution is -2.23. The number of hydrogen-bond donors (Lipinski definition) is 2. The third-order valence-electron chi connectivity index (χ3n) is 2.99. The fraction of sp³-hybridized carbons (Fsp3) is 0.133. The van der Waals surface area contributed by atoms with Crippen LogP contribution in [0.4, 0.5) is 14.5 Å². The van der Waals surface area contributed by atoms with E-state index in [1.54, 1.807) is 19.1 Å². The van der Waals surface area contributed by atoms with E-state index in [4.69, 9.17) is 5.73 Å². The number of hydrogen-bond acceptors (Lipinski definition) is 2. The van der Waals surface area contributed by atoms with Crippen LogP contribution < -0.4 is 11.1 Å². The van der Waals surface area contributed by atoms with E-state index in [-0.39, 0.29) is 23.6 Å². The highest BCUT2D eigenvalue weighted by Gasteiger charge is 2.11. The lowest BCUT2D eigenvalue weighted by Gasteiger charge is -2.08. The zero-order chi connectivity index (χ0) is 14.7. The Labute approximate surface area is 115 Å². The SMILES string of the molecule is Cc1c(N)cc(C(=O)NCc2cccc(F)c2)cc1F. The van der Waals surface area contributed by atoms with Crippen molar-refractivity contribution in [1.29, 1.82) is 0 Å². The fourth-order valence-electron chi connectivity index (χ4n) is 1.76. The zero-order valence-corrected chi connectivity index (χ0v) is 10.9. The number of anilines is 1. The minimum atomic E-state index is -0.527. The maximum atomic E-state index is 13.5. The Balaban J connectivity index is 2.09. The molecule has 0 aliphatic rings. The zero-order valence-electron chi connectivity index (χ0n) is 10.9. The highest BCUT2D eigenvalue weighted by atomic mass is 19.1. The summed E-state index contributed by atoms with van der Waals surface area (Å²) in [4.78, 5) is 11.9. The summed E-state index contributed by atoms with van der Waals surface area (Å²) in [6.45, 7) is 1.70. The number of halogens is 2. The average molecular weight is 276 g/mol. The van der Waals surface area contributed by atoms with Gasteiger partial charge in [-0.25, -0.2) is 8.78 Å². The Bertz CT molecular complexity index is 633. The van der Waals surface area contributed by atoms with Crippen LogP contribution in [0.5, 0.6) is 0 Å². The minimum Gasteiger partial charge on any atom is -0.398 e. The van der Waals surface area contributed by atoms with Gasteiger partial charge in [0.25, 0.3) is 5.91 Å². The molecule has 3 nitrogen and oxygen atoms in total. The van der Waals surface area contributed by atoms with E-state index in [1.807, 2.05) is 0 Å². The molecule has 0 aliphatic carbocycles. The number of rotatable bonds is 3. The highest BCUT2D eigenvalue weighted by molar-refractivity contribution is 5.95. The largest absolute Gasteiger partial charge is 0.398 e. The Hall–Kier alpha value is -2.43. The lowest BCUT2D eigenvalue weighted by atomic mass is 10.1. The summed E-state index contributed by atoms with van der Waals surface area (Å²) in [5.74, 6) is -1.36. The van der Waals surface area contributed by atoms with E-state index in [9.17, 15) is 13.6 Å². The summed E-state index contributed by atoms with van der Waals surface area (Å²) in [6, 6.07) is 8.44. The molecule has 1 amide bonds. The first-order valence-electron chi connectivity index (χ1n) is 6.05. The average Bonchev–Trinajstić information content (AvgIpc) is 2.41. The van der Waals surface area contributed by atoms with E-state index in [2.05, 4.69) is 5.32 Å². The molecule has 5 heteroatoms. The van der Waals surface area contributed by atoms with Crippen LogP contribution in [0.15, 0.2) is 36.4 Å². The number of nitrogens with one attached hydrogen (secondary N) is 1. The molecule has 0 atom stereocenters. The van der Waals surface area contributed by atoms with E-state index in [1.165, 1.54) is 18.2 Å². The van der Waals surface area contributed by atoms with E-state index < -0.39 is 11.7 Å². The maximum absolute atomic E-state index is 13.5. The van der Waals surface area contributed by atoms with E-state index in [0.29, 0.717) is 11.1 Å². The summed E-state index contributed by atoms with van der Waals surface area (Å²) >= 11 is 0. The van der Waals surface area contributed by atoms with Crippen molar-refractivity contribution < 1.29 is 13.6 Å². The molecule has 0 radical (unpaired) electrons. The molecule has 0 heterocycles. The topological polar surface area (TPSA) is 55.1 Å². The summed E-state index contributed by atoms with van der Waals surface area (Å²) in [5, 5.41) is 2.59. The normalized spacial score (nSPS) is 10.3. The molecule has 20 heavy (non-hydrogen) atoms. The van der Waals surface area contributed by atoms with Crippen molar-refractivity contribution in [2.75, 3.05) is 5.73 Å². The predicted molar refractivity (Wildman–Crippen MR) is 73.1 cm³/mol. The van der Waals surface area contributed by atoms with Gasteiger partial charge in [0.2, 0.25) is 0 Å². The molecule has 0 aliphatic heterocycles. The van der Waals surface area contributed by atoms with E-state index >= 15 is 0 Å². The van der Waals surface area contributed by atoms with Gasteiger partial charge in [0.05, 0.1) is 0 Å². The van der Waals surface area contributed by atoms with Gasteiger partial charge in [-0.3, -0.25) is 4.79 Å². The van der Waals surface area contributed by atoms with Gasteiger partial charge < -0.3 is 11.1 Å². The molecule has 2 rings (SSSR count). The fourth-order valence-corrected chi connectivity index (χ4v) is 1.76. The van der Waals surface area contributed by atoms with Crippen molar-refractivity contribution in [3.8, 4) is 0 Å². The molecule has 0 fully saturated rings. The number of carbonyl (C=O) groups excluding carboxylic acids is 1. The Morgan fingerprint density at radius 1 is 1.25 bits per heavy atom. The third-order valence-corrected chi connectivity index (χ3v) is 2.99. The van der Waals surface area contributed by atoms with Crippen molar-refractivity contribution in [3.05, 3.63) is 64.7 Å². The van der Waals surface area contributed by atoms with Gasteiger partial charge in [-0.15, -0.1) is 0 Å². The van der Waals surface area contributed by atoms with Crippen molar-refractivity contribution >= 4 is 11.6 Å². The molecule has 0 unspecified atom stereocenters. The van der Waals surface area contributed by atoms with E-state index in [0.717, 1.165) is 6.07 Å². The molecular weight excluding hydrogens is 262 g/mol. The molecule has 0 saturated carbocycles. The van der Waals surface area contributed by atoms with Gasteiger partial charge in [0.1, 0.15) is 11.6 Å². The van der Waals surface area contributed by atoms with Crippen LogP contribution in [0.25, 0.3) is 0 Å². The summed E-state index contributed by atoms with van der Waals surface area (Å²) in [7, 11) is 0. The highest BCUT2D eigenvalue weighted by Crippen LogP contribution is 2.17. The van der Waals surface area contributed by atoms with Crippen molar-refractivity contribution in [2.24, 2.45) is 0 Å². The lowest BCUT2D eigenvalue weighted by molar-refractivity contribution is 0.0950. The van der Waals surface area contributed by atoms with Gasteiger partial charge in [0.15, 0.2) is 0 Å². The standard InChI is InChI=1S/C15H14F2N2O/c1-9-13(17)6-11(7-14(9)18)15(20)19-8-10-3-2-4-12(16)5-10/h2-7H,8,18H2,1H3,(H,19,20). The quantitative estimate of drug-likeness (QED) is 0.847. The molecule has 0 saturated heterocycles. The smallest absolute Gasteiger partial charge is 0.251 e. The second-order valence-corrected chi connectivity index (χ2v) is 4.48. The van der Waals surface area contributed by atoms with Gasteiger partial charge in [-0.2, -0.15) is 0 Å². The molecule has 104 valence electrons. The molecule has 0 aromatic heterocycles. The van der Waals surface area contributed by atoms with Crippen LogP contribution in [0.3, 0.4) is 0 Å². The Morgan fingerprint density at radius 3 is 2.65 bits per heavy atom. The molecule has 0 bridgehead atoms. The number of amides is 1. The monoisotopic (exact) mass is 276 g/mol. The van der Waals surface area contributed by atoms with Crippen LogP contribution in [-0.2, 0) is 6.54 Å². The third kappa shape index (κ3) is 3.12. The second kappa shape index (κ2) is 5.69. The predicted octanol–water partition coefficient (Wildman–Crippen LogP) is 2.79. The first-order chi connectivity index (χ1) is 9.47.